The van der Waals surface area contributed by atoms with E-state index in [9.17, 15) is 9.59 Å². The van der Waals surface area contributed by atoms with Crippen molar-refractivity contribution < 1.29 is 14.3 Å². The zero-order valence-corrected chi connectivity index (χ0v) is 15.0. The third-order valence-electron chi connectivity index (χ3n) is 3.91. The Balaban J connectivity index is 1.88. The Morgan fingerprint density at radius 3 is 2.48 bits per heavy atom. The zero-order chi connectivity index (χ0) is 18.0. The molecule has 1 unspecified atom stereocenters. The second-order valence-electron chi connectivity index (χ2n) is 5.70. The van der Waals surface area contributed by atoms with Gasteiger partial charge in [0, 0.05) is 21.1 Å². The van der Waals surface area contributed by atoms with Gasteiger partial charge in [-0.05, 0) is 50.2 Å². The third kappa shape index (κ3) is 3.66. The highest BCUT2D eigenvalue weighted by atomic mass is 32.1. The molecule has 7 heteroatoms. The van der Waals surface area contributed by atoms with E-state index in [1.807, 2.05) is 19.1 Å². The molecular weight excluding hydrogens is 338 g/mol. The van der Waals surface area contributed by atoms with E-state index in [1.165, 1.54) is 0 Å². The smallest absolute Gasteiger partial charge is 0.319 e. The van der Waals surface area contributed by atoms with Crippen molar-refractivity contribution in [3.63, 3.8) is 0 Å². The molecule has 0 aliphatic carbocycles. The lowest BCUT2D eigenvalue weighted by Crippen LogP contribution is -2.45. The lowest BCUT2D eigenvalue weighted by molar-refractivity contribution is -0.113. The van der Waals surface area contributed by atoms with Gasteiger partial charge in [-0.2, -0.15) is 0 Å². The van der Waals surface area contributed by atoms with Crippen molar-refractivity contribution in [2.75, 3.05) is 12.4 Å². The number of urea groups is 1. The van der Waals surface area contributed by atoms with Crippen molar-refractivity contribution in [3.05, 3.63) is 57.4 Å². The SMILES string of the molecule is COc1ccc(NC(=O)C2=C(C)NC(=O)NC2c2ccc(C)s2)cc1. The fourth-order valence-electron chi connectivity index (χ4n) is 2.69. The molecule has 0 saturated heterocycles. The first-order valence-electron chi connectivity index (χ1n) is 7.78. The number of benzene rings is 1. The van der Waals surface area contributed by atoms with Crippen LogP contribution in [-0.4, -0.2) is 19.0 Å². The second-order valence-corrected chi connectivity index (χ2v) is 7.02. The van der Waals surface area contributed by atoms with E-state index >= 15 is 0 Å². The molecule has 1 aliphatic heterocycles. The molecular formula is C18H19N3O3S. The minimum atomic E-state index is -0.467. The van der Waals surface area contributed by atoms with Crippen molar-refractivity contribution in [3.8, 4) is 5.75 Å². The van der Waals surface area contributed by atoms with E-state index in [2.05, 4.69) is 16.0 Å². The molecule has 3 amide bonds. The zero-order valence-electron chi connectivity index (χ0n) is 14.2. The van der Waals surface area contributed by atoms with E-state index in [-0.39, 0.29) is 11.9 Å². The van der Waals surface area contributed by atoms with Crippen LogP contribution < -0.4 is 20.7 Å². The highest BCUT2D eigenvalue weighted by Gasteiger charge is 2.32. The molecule has 130 valence electrons. The van der Waals surface area contributed by atoms with Crippen molar-refractivity contribution in [1.29, 1.82) is 0 Å². The van der Waals surface area contributed by atoms with Crippen LogP contribution in [0.1, 0.15) is 22.7 Å². The summed E-state index contributed by atoms with van der Waals surface area (Å²) in [6.07, 6.45) is 0. The maximum Gasteiger partial charge on any atom is 0.319 e. The summed E-state index contributed by atoms with van der Waals surface area (Å²) >= 11 is 1.56. The molecule has 0 fully saturated rings. The van der Waals surface area contributed by atoms with E-state index in [0.29, 0.717) is 22.7 Å². The summed E-state index contributed by atoms with van der Waals surface area (Å²) in [7, 11) is 1.59. The van der Waals surface area contributed by atoms with Gasteiger partial charge in [-0.25, -0.2) is 4.79 Å². The molecule has 0 spiro atoms. The molecule has 6 nitrogen and oxygen atoms in total. The standard InChI is InChI=1S/C18H19N3O3S/c1-10-4-9-14(25-10)16-15(11(2)19-18(23)21-16)17(22)20-12-5-7-13(24-3)8-6-12/h4-9,16H,1-3H3,(H,20,22)(H2,19,21,23). The number of hydrogen-bond donors (Lipinski definition) is 3. The number of ether oxygens (including phenoxy) is 1. The lowest BCUT2D eigenvalue weighted by Gasteiger charge is -2.27. The largest absolute Gasteiger partial charge is 0.497 e. The fourth-order valence-corrected chi connectivity index (χ4v) is 3.63. The number of methoxy groups -OCH3 is 1. The van der Waals surface area contributed by atoms with Gasteiger partial charge in [0.1, 0.15) is 5.75 Å². The number of nitrogens with one attached hydrogen (secondary N) is 3. The molecule has 0 radical (unpaired) electrons. The summed E-state index contributed by atoms with van der Waals surface area (Å²) in [5.74, 6) is 0.457. The third-order valence-corrected chi connectivity index (χ3v) is 4.97. The quantitative estimate of drug-likeness (QED) is 0.785. The lowest BCUT2D eigenvalue weighted by atomic mass is 10.0. The van der Waals surface area contributed by atoms with Crippen LogP contribution in [0.25, 0.3) is 0 Å². The maximum atomic E-state index is 12.8. The monoisotopic (exact) mass is 357 g/mol. The van der Waals surface area contributed by atoms with Crippen molar-refractivity contribution in [2.45, 2.75) is 19.9 Å². The highest BCUT2D eigenvalue weighted by molar-refractivity contribution is 7.12. The van der Waals surface area contributed by atoms with E-state index < -0.39 is 6.04 Å². The first kappa shape index (κ1) is 17.0. The molecule has 2 heterocycles. The van der Waals surface area contributed by atoms with Crippen LogP contribution in [-0.2, 0) is 4.79 Å². The summed E-state index contributed by atoms with van der Waals surface area (Å²) in [6.45, 7) is 3.72. The Morgan fingerprint density at radius 1 is 1.16 bits per heavy atom. The van der Waals surface area contributed by atoms with E-state index in [1.54, 1.807) is 49.6 Å². The van der Waals surface area contributed by atoms with Gasteiger partial charge in [-0.15, -0.1) is 11.3 Å². The van der Waals surface area contributed by atoms with Gasteiger partial charge in [-0.3, -0.25) is 4.79 Å². The predicted molar refractivity (Wildman–Crippen MR) is 97.8 cm³/mol. The molecule has 3 N–H and O–H groups in total. The summed E-state index contributed by atoms with van der Waals surface area (Å²) in [6, 6.07) is 10.2. The normalized spacial score (nSPS) is 16.9. The number of thiophene rings is 1. The summed E-state index contributed by atoms with van der Waals surface area (Å²) in [5, 5.41) is 8.38. The average Bonchev–Trinajstić information content (AvgIpc) is 3.01. The molecule has 1 aliphatic rings. The summed E-state index contributed by atoms with van der Waals surface area (Å²) < 4.78 is 5.12. The topological polar surface area (TPSA) is 79.5 Å². The Kier molecular flexibility index (Phi) is 4.76. The number of carbonyl (C=O) groups excluding carboxylic acids is 2. The minimum absolute atomic E-state index is 0.258. The Hall–Kier alpha value is -2.80. The Labute approximate surface area is 149 Å². The number of allylic oxidation sites excluding steroid dienone is 1. The summed E-state index contributed by atoms with van der Waals surface area (Å²) in [5.41, 5.74) is 1.70. The van der Waals surface area contributed by atoms with Crippen LogP contribution in [0.4, 0.5) is 10.5 Å². The van der Waals surface area contributed by atoms with Gasteiger partial charge in [0.2, 0.25) is 0 Å². The molecule has 1 atom stereocenters. The van der Waals surface area contributed by atoms with Crippen LogP contribution in [0, 0.1) is 6.92 Å². The van der Waals surface area contributed by atoms with Crippen molar-refractivity contribution >= 4 is 29.0 Å². The number of amides is 3. The van der Waals surface area contributed by atoms with Crippen LogP contribution in [0.3, 0.4) is 0 Å². The Morgan fingerprint density at radius 2 is 1.88 bits per heavy atom. The molecule has 0 saturated carbocycles. The molecule has 0 bridgehead atoms. The number of hydrogen-bond acceptors (Lipinski definition) is 4. The molecule has 25 heavy (non-hydrogen) atoms. The van der Waals surface area contributed by atoms with E-state index in [0.717, 1.165) is 9.75 Å². The second kappa shape index (κ2) is 6.98. The van der Waals surface area contributed by atoms with Crippen LogP contribution in [0.5, 0.6) is 5.75 Å². The average molecular weight is 357 g/mol. The first-order chi connectivity index (χ1) is 12.0. The maximum absolute atomic E-state index is 12.8. The van der Waals surface area contributed by atoms with Gasteiger partial charge in [0.25, 0.3) is 5.91 Å². The molecule has 2 aromatic rings. The van der Waals surface area contributed by atoms with Gasteiger partial charge < -0.3 is 20.7 Å². The van der Waals surface area contributed by atoms with Crippen molar-refractivity contribution in [2.24, 2.45) is 0 Å². The number of carbonyl (C=O) groups is 2. The fraction of sp³-hybridized carbons (Fsp3) is 0.222. The highest BCUT2D eigenvalue weighted by Crippen LogP contribution is 2.32. The van der Waals surface area contributed by atoms with Gasteiger partial charge in [0.15, 0.2) is 0 Å². The van der Waals surface area contributed by atoms with Crippen molar-refractivity contribution in [1.82, 2.24) is 10.6 Å². The van der Waals surface area contributed by atoms with E-state index in [4.69, 9.17) is 4.74 Å². The van der Waals surface area contributed by atoms with Gasteiger partial charge >= 0.3 is 6.03 Å². The minimum Gasteiger partial charge on any atom is -0.497 e. The predicted octanol–water partition coefficient (Wildman–Crippen LogP) is 3.33. The van der Waals surface area contributed by atoms with Crippen LogP contribution >= 0.6 is 11.3 Å². The summed E-state index contributed by atoms with van der Waals surface area (Å²) in [4.78, 5) is 26.7. The first-order valence-corrected chi connectivity index (χ1v) is 8.59. The molecule has 3 rings (SSSR count). The number of aryl methyl sites for hydroxylation is 1. The van der Waals surface area contributed by atoms with Gasteiger partial charge in [-0.1, -0.05) is 0 Å². The Bertz CT molecular complexity index is 840. The number of anilines is 1. The van der Waals surface area contributed by atoms with Crippen LogP contribution in [0.15, 0.2) is 47.7 Å². The molecule has 1 aromatic carbocycles. The molecule has 1 aromatic heterocycles. The number of rotatable bonds is 4. The van der Waals surface area contributed by atoms with Gasteiger partial charge in [0.05, 0.1) is 18.7 Å². The van der Waals surface area contributed by atoms with Crippen LogP contribution in [0.2, 0.25) is 0 Å².